The smallest absolute Gasteiger partial charge is 0.260 e. The van der Waals surface area contributed by atoms with Crippen molar-refractivity contribution in [2.45, 2.75) is 84.7 Å². The van der Waals surface area contributed by atoms with Crippen LogP contribution >= 0.6 is 0 Å². The first-order valence-corrected chi connectivity index (χ1v) is 18.6. The third-order valence-corrected chi connectivity index (χ3v) is 10.3. The minimum atomic E-state index is -3.95. The fourth-order valence-electron chi connectivity index (χ4n) is 6.07. The summed E-state index contributed by atoms with van der Waals surface area (Å²) in [7, 11) is -0.578. The number of carbonyl (C=O) groups is 3. The van der Waals surface area contributed by atoms with Gasteiger partial charge in [-0.15, -0.1) is 0 Å². The Kier molecular flexibility index (Phi) is 13.3. The minimum absolute atomic E-state index is 0.133. The van der Waals surface area contributed by atoms with Gasteiger partial charge in [-0.2, -0.15) is 0 Å². The number of amides is 3. The molecule has 0 aliphatic heterocycles. The average Bonchev–Trinajstić information content (AvgIpc) is 3.05. The number of benzene rings is 3. The van der Waals surface area contributed by atoms with Crippen LogP contribution in [-0.4, -0.2) is 63.3 Å². The van der Waals surface area contributed by atoms with E-state index in [0.717, 1.165) is 16.7 Å². The largest absolute Gasteiger partial charge is 0.342 e. The van der Waals surface area contributed by atoms with Crippen molar-refractivity contribution >= 4 is 27.7 Å². The number of nitrogens with one attached hydrogen (secondary N) is 3. The molecule has 3 atom stereocenters. The Bertz CT molecular complexity index is 1750. The van der Waals surface area contributed by atoms with Gasteiger partial charge in [-0.25, -0.2) is 13.1 Å². The predicted octanol–water partition coefficient (Wildman–Crippen LogP) is 5.83. The molecule has 0 aromatic heterocycles. The summed E-state index contributed by atoms with van der Waals surface area (Å²) < 4.78 is 27.6. The van der Waals surface area contributed by atoms with Gasteiger partial charge in [0.05, 0.1) is 17.8 Å². The third kappa shape index (κ3) is 10.4. The van der Waals surface area contributed by atoms with E-state index in [9.17, 15) is 22.8 Å². The van der Waals surface area contributed by atoms with E-state index in [1.165, 1.54) is 11.8 Å². The second-order valence-corrected chi connectivity index (χ2v) is 16.6. The number of hydrogen-bond acceptors (Lipinski definition) is 6. The molecule has 3 aromatic rings. The third-order valence-electron chi connectivity index (χ3n) is 9.11. The van der Waals surface area contributed by atoms with Crippen LogP contribution < -0.4 is 15.4 Å². The van der Waals surface area contributed by atoms with Crippen LogP contribution in [0.5, 0.6) is 0 Å². The maximum absolute atomic E-state index is 14.2. The molecule has 50 heavy (non-hydrogen) atoms. The molecule has 270 valence electrons. The highest BCUT2D eigenvalue weighted by atomic mass is 32.2. The number of nitrogens with zero attached hydrogens (tertiary/aromatic N) is 1. The van der Waals surface area contributed by atoms with Gasteiger partial charge in [0, 0.05) is 18.0 Å². The lowest BCUT2D eigenvalue weighted by molar-refractivity contribution is -0.140. The first-order chi connectivity index (χ1) is 23.3. The molecule has 0 radical (unpaired) electrons. The zero-order chi connectivity index (χ0) is 37.4. The second-order valence-electron chi connectivity index (χ2n) is 14.9. The molecule has 0 saturated carbocycles. The Morgan fingerprint density at radius 1 is 0.800 bits per heavy atom. The summed E-state index contributed by atoms with van der Waals surface area (Å²) >= 11 is 0. The minimum Gasteiger partial charge on any atom is -0.342 e. The van der Waals surface area contributed by atoms with Crippen molar-refractivity contribution in [3.05, 3.63) is 108 Å². The summed E-state index contributed by atoms with van der Waals surface area (Å²) in [6, 6.07) is 24.7. The molecule has 0 fully saturated rings. The summed E-state index contributed by atoms with van der Waals surface area (Å²) in [5.41, 5.74) is 2.56. The summed E-state index contributed by atoms with van der Waals surface area (Å²) in [6.07, 6.45) is 1.61. The number of rotatable bonds is 14. The van der Waals surface area contributed by atoms with E-state index >= 15 is 0 Å². The SMILES string of the molecule is CN[C@H](C(=O)N[C@H](C(=O)N(C)[C@H](/C=C(\C)C(=O)NS(=O)(=O)Cc1ccccc1)C(C)C)C(C)(C)C)C(C)(C)c1ccc(-c2ccccc2)cc1. The number of hydrogen-bond donors (Lipinski definition) is 3. The van der Waals surface area contributed by atoms with Gasteiger partial charge in [0.2, 0.25) is 21.8 Å². The predicted molar refractivity (Wildman–Crippen MR) is 201 cm³/mol. The van der Waals surface area contributed by atoms with Crippen molar-refractivity contribution in [3.63, 3.8) is 0 Å². The molecule has 0 bridgehead atoms. The Morgan fingerprint density at radius 2 is 1.32 bits per heavy atom. The maximum Gasteiger partial charge on any atom is 0.260 e. The van der Waals surface area contributed by atoms with Gasteiger partial charge >= 0.3 is 0 Å². The second kappa shape index (κ2) is 16.6. The molecule has 0 saturated heterocycles. The summed E-state index contributed by atoms with van der Waals surface area (Å²) in [5.74, 6) is -1.88. The molecular weight excluding hydrogens is 649 g/mol. The van der Waals surface area contributed by atoms with E-state index < -0.39 is 44.9 Å². The van der Waals surface area contributed by atoms with Crippen LogP contribution in [0.4, 0.5) is 0 Å². The molecule has 0 aliphatic rings. The lowest BCUT2D eigenvalue weighted by Gasteiger charge is -2.40. The normalized spacial score (nSPS) is 14.4. The molecule has 3 aromatic carbocycles. The highest BCUT2D eigenvalue weighted by Gasteiger charge is 2.41. The number of sulfonamides is 1. The van der Waals surface area contributed by atoms with Crippen LogP contribution in [0.2, 0.25) is 0 Å². The van der Waals surface area contributed by atoms with E-state index in [2.05, 4.69) is 27.5 Å². The van der Waals surface area contributed by atoms with Gasteiger partial charge in [-0.3, -0.25) is 14.4 Å². The van der Waals surface area contributed by atoms with Crippen LogP contribution in [0, 0.1) is 11.3 Å². The molecule has 3 rings (SSSR count). The Hall–Kier alpha value is -4.28. The number of carbonyl (C=O) groups excluding carboxylic acids is 3. The zero-order valence-corrected chi connectivity index (χ0v) is 31.9. The molecule has 9 nitrogen and oxygen atoms in total. The van der Waals surface area contributed by atoms with Crippen molar-refractivity contribution < 1.29 is 22.8 Å². The van der Waals surface area contributed by atoms with Gasteiger partial charge in [0.15, 0.2) is 0 Å². The van der Waals surface area contributed by atoms with Gasteiger partial charge in [-0.1, -0.05) is 139 Å². The number of likely N-dealkylation sites (N-methyl/N-ethyl adjacent to an activating group) is 2. The zero-order valence-electron chi connectivity index (χ0n) is 31.1. The van der Waals surface area contributed by atoms with E-state index in [0.29, 0.717) is 5.56 Å². The maximum atomic E-state index is 14.2. The first-order valence-electron chi connectivity index (χ1n) is 17.0. The van der Waals surface area contributed by atoms with Crippen molar-refractivity contribution in [2.75, 3.05) is 14.1 Å². The molecule has 0 unspecified atom stereocenters. The molecule has 3 amide bonds. The molecule has 0 heterocycles. The summed E-state index contributed by atoms with van der Waals surface area (Å²) in [6.45, 7) is 15.0. The lowest BCUT2D eigenvalue weighted by Crippen LogP contribution is -2.61. The van der Waals surface area contributed by atoms with E-state index in [4.69, 9.17) is 0 Å². The Morgan fingerprint density at radius 3 is 1.82 bits per heavy atom. The van der Waals surface area contributed by atoms with Crippen molar-refractivity contribution in [1.82, 2.24) is 20.3 Å². The van der Waals surface area contributed by atoms with Crippen LogP contribution in [0.25, 0.3) is 11.1 Å². The average molecular weight is 703 g/mol. The Labute approximate surface area is 299 Å². The fraction of sp³-hybridized carbons (Fsp3) is 0.425. The van der Waals surface area contributed by atoms with E-state index in [1.54, 1.807) is 50.5 Å². The van der Waals surface area contributed by atoms with Crippen LogP contribution in [0.1, 0.15) is 66.5 Å². The van der Waals surface area contributed by atoms with Crippen LogP contribution in [0.15, 0.2) is 96.6 Å². The van der Waals surface area contributed by atoms with Crippen molar-refractivity contribution in [2.24, 2.45) is 11.3 Å². The van der Waals surface area contributed by atoms with Crippen molar-refractivity contribution in [1.29, 1.82) is 0 Å². The van der Waals surface area contributed by atoms with Gasteiger partial charge in [-0.05, 0) is 47.6 Å². The standard InChI is InChI=1S/C40H54N4O5S/c1-27(2)33(25-28(3)36(45)43-50(48,49)26-29-17-13-11-14-18-29)44(10)38(47)35(39(4,5)6)42-37(46)34(41-9)40(7,8)32-23-21-31(22-24-32)30-19-15-12-16-20-30/h11-25,27,33-35,41H,26H2,1-10H3,(H,42,46)(H,43,45)/b28-25+/t33-,34-,35-/m1/s1. The van der Waals surface area contributed by atoms with Crippen LogP contribution in [-0.2, 0) is 35.6 Å². The Balaban J connectivity index is 1.81. The molecule has 3 N–H and O–H groups in total. The first kappa shape index (κ1) is 40.2. The summed E-state index contributed by atoms with van der Waals surface area (Å²) in [5, 5.41) is 6.24. The summed E-state index contributed by atoms with van der Waals surface area (Å²) in [4.78, 5) is 42.8. The topological polar surface area (TPSA) is 125 Å². The molecule has 0 spiro atoms. The molecule has 10 heteroatoms. The lowest BCUT2D eigenvalue weighted by atomic mass is 9.76. The quantitative estimate of drug-likeness (QED) is 0.182. The molecule has 0 aliphatic carbocycles. The van der Waals surface area contributed by atoms with E-state index in [-0.39, 0.29) is 29.1 Å². The highest BCUT2D eigenvalue weighted by Crippen LogP contribution is 2.31. The van der Waals surface area contributed by atoms with Crippen LogP contribution in [0.3, 0.4) is 0 Å². The van der Waals surface area contributed by atoms with E-state index in [1.807, 2.05) is 90.9 Å². The highest BCUT2D eigenvalue weighted by molar-refractivity contribution is 7.89. The van der Waals surface area contributed by atoms with Gasteiger partial charge in [0.25, 0.3) is 5.91 Å². The van der Waals surface area contributed by atoms with Crippen molar-refractivity contribution in [3.8, 4) is 11.1 Å². The van der Waals surface area contributed by atoms with Gasteiger partial charge in [0.1, 0.15) is 6.04 Å². The molecular formula is C40H54N4O5S. The monoisotopic (exact) mass is 702 g/mol. The fourth-order valence-corrected chi connectivity index (χ4v) is 7.22. The van der Waals surface area contributed by atoms with Gasteiger partial charge < -0.3 is 15.5 Å².